The Labute approximate surface area is 108 Å². The molecule has 3 aliphatic rings. The van der Waals surface area contributed by atoms with Crippen LogP contribution in [0.4, 0.5) is 5.95 Å². The first-order valence-electron chi connectivity index (χ1n) is 7.17. The first-order chi connectivity index (χ1) is 8.92. The summed E-state index contributed by atoms with van der Waals surface area (Å²) < 4.78 is 0. The minimum Gasteiger partial charge on any atom is -0.334 e. The number of rotatable bonds is 1. The van der Waals surface area contributed by atoms with Crippen LogP contribution >= 0.6 is 0 Å². The lowest BCUT2D eigenvalue weighted by molar-refractivity contribution is 0.514. The molecule has 3 heteroatoms. The van der Waals surface area contributed by atoms with Gasteiger partial charge in [-0.05, 0) is 51.0 Å². The van der Waals surface area contributed by atoms with Crippen LogP contribution in [0.15, 0.2) is 29.6 Å². The van der Waals surface area contributed by atoms with Crippen molar-refractivity contribution in [3.63, 3.8) is 0 Å². The Hall–Kier alpha value is -1.38. The number of piperidine rings is 1. The van der Waals surface area contributed by atoms with E-state index in [1.165, 1.54) is 44.9 Å². The summed E-state index contributed by atoms with van der Waals surface area (Å²) in [7, 11) is 0. The highest BCUT2D eigenvalue weighted by molar-refractivity contribution is 5.41. The van der Waals surface area contributed by atoms with Gasteiger partial charge >= 0.3 is 0 Å². The van der Waals surface area contributed by atoms with Crippen LogP contribution in [0.3, 0.4) is 0 Å². The lowest BCUT2D eigenvalue weighted by Gasteiger charge is -2.38. The quantitative estimate of drug-likeness (QED) is 0.707. The number of allylic oxidation sites excluding steroid dienone is 1. The number of hydrogen-bond donors (Lipinski definition) is 0. The van der Waals surface area contributed by atoms with Crippen molar-refractivity contribution in [2.45, 2.75) is 57.0 Å². The molecule has 18 heavy (non-hydrogen) atoms. The van der Waals surface area contributed by atoms with Crippen molar-refractivity contribution >= 4 is 5.95 Å². The molecule has 1 saturated carbocycles. The molecule has 1 aliphatic carbocycles. The standard InChI is InChI=1S/C15H19N3/c1-3-11(4-1)12-9-13-5-6-14(10-12)18(13)15-16-7-2-8-17-15/h2,7-8,13-14H,1,3-6,9-10H2. The van der Waals surface area contributed by atoms with Crippen LogP contribution in [0.2, 0.25) is 0 Å². The minimum absolute atomic E-state index is 0.661. The predicted octanol–water partition coefficient (Wildman–Crippen LogP) is 3.09. The third kappa shape index (κ3) is 1.57. The smallest absolute Gasteiger partial charge is 0.225 e. The number of fused-ring (bicyclic) bond motifs is 2. The van der Waals surface area contributed by atoms with Gasteiger partial charge in [-0.3, -0.25) is 0 Å². The number of aromatic nitrogens is 2. The van der Waals surface area contributed by atoms with Crippen molar-refractivity contribution in [3.05, 3.63) is 29.6 Å². The molecule has 2 bridgehead atoms. The van der Waals surface area contributed by atoms with Crippen LogP contribution in [-0.2, 0) is 0 Å². The van der Waals surface area contributed by atoms with Crippen molar-refractivity contribution in [1.82, 2.24) is 9.97 Å². The molecule has 0 radical (unpaired) electrons. The highest BCUT2D eigenvalue weighted by Crippen LogP contribution is 2.44. The van der Waals surface area contributed by atoms with Crippen molar-refractivity contribution in [2.75, 3.05) is 4.90 Å². The average Bonchev–Trinajstić information content (AvgIpc) is 2.60. The van der Waals surface area contributed by atoms with Gasteiger partial charge in [-0.25, -0.2) is 9.97 Å². The van der Waals surface area contributed by atoms with Gasteiger partial charge in [-0.2, -0.15) is 0 Å². The second-order valence-corrected chi connectivity index (χ2v) is 5.81. The number of anilines is 1. The minimum atomic E-state index is 0.661. The molecule has 2 unspecified atom stereocenters. The Morgan fingerprint density at radius 2 is 1.61 bits per heavy atom. The fourth-order valence-electron chi connectivity index (χ4n) is 3.76. The summed E-state index contributed by atoms with van der Waals surface area (Å²) in [6.45, 7) is 0. The molecule has 0 spiro atoms. The van der Waals surface area contributed by atoms with Crippen molar-refractivity contribution in [1.29, 1.82) is 0 Å². The van der Waals surface area contributed by atoms with Gasteiger partial charge in [0, 0.05) is 24.5 Å². The molecule has 3 fully saturated rings. The molecule has 2 aliphatic heterocycles. The molecule has 3 heterocycles. The van der Waals surface area contributed by atoms with E-state index in [0.717, 1.165) is 5.95 Å². The molecular formula is C15H19N3. The molecule has 1 aromatic heterocycles. The van der Waals surface area contributed by atoms with Crippen LogP contribution in [-0.4, -0.2) is 22.1 Å². The molecule has 3 nitrogen and oxygen atoms in total. The van der Waals surface area contributed by atoms with E-state index in [9.17, 15) is 0 Å². The summed E-state index contributed by atoms with van der Waals surface area (Å²) >= 11 is 0. The average molecular weight is 241 g/mol. The summed E-state index contributed by atoms with van der Waals surface area (Å²) in [5.41, 5.74) is 3.56. The van der Waals surface area contributed by atoms with Gasteiger partial charge in [0.2, 0.25) is 5.95 Å². The summed E-state index contributed by atoms with van der Waals surface area (Å²) in [6.07, 6.45) is 13.1. The van der Waals surface area contributed by atoms with E-state index in [4.69, 9.17) is 0 Å². The van der Waals surface area contributed by atoms with Crippen molar-refractivity contribution in [3.8, 4) is 0 Å². The van der Waals surface area contributed by atoms with E-state index in [2.05, 4.69) is 14.9 Å². The molecule has 2 atom stereocenters. The fourth-order valence-corrected chi connectivity index (χ4v) is 3.76. The molecule has 4 rings (SSSR count). The summed E-state index contributed by atoms with van der Waals surface area (Å²) in [4.78, 5) is 11.4. The normalized spacial score (nSPS) is 30.6. The first kappa shape index (κ1) is 10.5. The van der Waals surface area contributed by atoms with E-state index >= 15 is 0 Å². The highest BCUT2D eigenvalue weighted by atomic mass is 15.3. The third-order valence-electron chi connectivity index (χ3n) is 4.82. The Morgan fingerprint density at radius 3 is 2.17 bits per heavy atom. The summed E-state index contributed by atoms with van der Waals surface area (Å²) in [5.74, 6) is 0.947. The summed E-state index contributed by atoms with van der Waals surface area (Å²) in [5, 5.41) is 0. The van der Waals surface area contributed by atoms with E-state index < -0.39 is 0 Å². The van der Waals surface area contributed by atoms with Crippen molar-refractivity contribution in [2.24, 2.45) is 0 Å². The Bertz CT molecular complexity index is 458. The monoisotopic (exact) mass is 241 g/mol. The fraction of sp³-hybridized carbons (Fsp3) is 0.600. The first-order valence-corrected chi connectivity index (χ1v) is 7.17. The Balaban J connectivity index is 1.62. The molecule has 0 amide bonds. The van der Waals surface area contributed by atoms with E-state index in [-0.39, 0.29) is 0 Å². The van der Waals surface area contributed by atoms with E-state index in [1.807, 2.05) is 18.5 Å². The lowest BCUT2D eigenvalue weighted by Crippen LogP contribution is -2.42. The second kappa shape index (κ2) is 4.08. The number of nitrogens with zero attached hydrogens (tertiary/aromatic N) is 3. The molecular weight excluding hydrogens is 222 g/mol. The van der Waals surface area contributed by atoms with Crippen LogP contribution < -0.4 is 4.90 Å². The van der Waals surface area contributed by atoms with E-state index in [0.29, 0.717) is 12.1 Å². The van der Waals surface area contributed by atoms with Gasteiger partial charge in [0.25, 0.3) is 0 Å². The van der Waals surface area contributed by atoms with E-state index in [1.54, 1.807) is 11.1 Å². The maximum absolute atomic E-state index is 4.45. The Kier molecular flexibility index (Phi) is 2.39. The third-order valence-corrected chi connectivity index (χ3v) is 4.82. The zero-order valence-corrected chi connectivity index (χ0v) is 10.7. The SMILES string of the molecule is c1cnc(N2C3CCC2CC(=C2CCC2)C3)nc1. The zero-order chi connectivity index (χ0) is 11.9. The molecule has 94 valence electrons. The van der Waals surface area contributed by atoms with Gasteiger partial charge in [-0.15, -0.1) is 0 Å². The molecule has 2 saturated heterocycles. The van der Waals surface area contributed by atoms with Crippen LogP contribution in [0.5, 0.6) is 0 Å². The Morgan fingerprint density at radius 1 is 0.944 bits per heavy atom. The van der Waals surface area contributed by atoms with Crippen LogP contribution in [0, 0.1) is 0 Å². The summed E-state index contributed by atoms with van der Waals surface area (Å²) in [6, 6.07) is 3.22. The zero-order valence-electron chi connectivity index (χ0n) is 10.7. The van der Waals surface area contributed by atoms with Crippen LogP contribution in [0.1, 0.15) is 44.9 Å². The molecule has 1 aromatic rings. The highest BCUT2D eigenvalue weighted by Gasteiger charge is 2.40. The largest absolute Gasteiger partial charge is 0.334 e. The molecule has 0 aromatic carbocycles. The second-order valence-electron chi connectivity index (χ2n) is 5.81. The van der Waals surface area contributed by atoms with Gasteiger partial charge < -0.3 is 4.90 Å². The maximum atomic E-state index is 4.45. The van der Waals surface area contributed by atoms with Gasteiger partial charge in [0.1, 0.15) is 0 Å². The van der Waals surface area contributed by atoms with Crippen molar-refractivity contribution < 1.29 is 0 Å². The topological polar surface area (TPSA) is 29.0 Å². The maximum Gasteiger partial charge on any atom is 0.225 e. The van der Waals surface area contributed by atoms with Gasteiger partial charge in [0.05, 0.1) is 0 Å². The van der Waals surface area contributed by atoms with Gasteiger partial charge in [-0.1, -0.05) is 11.1 Å². The van der Waals surface area contributed by atoms with Gasteiger partial charge in [0.15, 0.2) is 0 Å². The molecule has 0 N–H and O–H groups in total. The predicted molar refractivity (Wildman–Crippen MR) is 71.4 cm³/mol. The lowest BCUT2D eigenvalue weighted by atomic mass is 9.82. The number of hydrogen-bond acceptors (Lipinski definition) is 3. The van der Waals surface area contributed by atoms with Crippen LogP contribution in [0.25, 0.3) is 0 Å².